The van der Waals surface area contributed by atoms with E-state index in [1.54, 1.807) is 0 Å². The molecule has 2 rings (SSSR count). The van der Waals surface area contributed by atoms with Crippen LogP contribution in [0, 0.1) is 0 Å². The van der Waals surface area contributed by atoms with E-state index in [9.17, 15) is 9.59 Å². The third kappa shape index (κ3) is 4.48. The Morgan fingerprint density at radius 2 is 2.35 bits per heavy atom. The fourth-order valence-corrected chi connectivity index (χ4v) is 1.71. The predicted molar refractivity (Wildman–Crippen MR) is 77.1 cm³/mol. The molecule has 0 radical (unpaired) electrons. The normalized spacial score (nSPS) is 12.4. The lowest BCUT2D eigenvalue weighted by Crippen LogP contribution is -2.26. The second-order valence-corrected chi connectivity index (χ2v) is 4.56. The monoisotopic (exact) mass is 327 g/mol. The van der Waals surface area contributed by atoms with Crippen molar-refractivity contribution in [1.82, 2.24) is 19.5 Å². The van der Waals surface area contributed by atoms with Crippen LogP contribution in [0.3, 0.4) is 0 Å². The van der Waals surface area contributed by atoms with Gasteiger partial charge in [-0.15, -0.1) is 0 Å². The fourth-order valence-electron chi connectivity index (χ4n) is 1.71. The smallest absolute Gasteiger partial charge is 0.302 e. The van der Waals surface area contributed by atoms with E-state index in [0.717, 1.165) is 0 Å². The summed E-state index contributed by atoms with van der Waals surface area (Å²) in [5.41, 5.74) is 5.47. The molecule has 11 nitrogen and oxygen atoms in total. The molecule has 126 valence electrons. The van der Waals surface area contributed by atoms with Gasteiger partial charge in [0, 0.05) is 6.92 Å². The summed E-state index contributed by atoms with van der Waals surface area (Å²) in [6.45, 7) is 0.715. The second kappa shape index (κ2) is 7.67. The van der Waals surface area contributed by atoms with Crippen LogP contribution in [-0.4, -0.2) is 56.7 Å². The number of aromatic nitrogens is 4. The van der Waals surface area contributed by atoms with Crippen LogP contribution in [0.2, 0.25) is 0 Å². The van der Waals surface area contributed by atoms with Crippen molar-refractivity contribution in [3.63, 3.8) is 0 Å². The lowest BCUT2D eigenvalue weighted by Gasteiger charge is -2.15. The zero-order chi connectivity index (χ0) is 16.8. The Kier molecular flexibility index (Phi) is 5.62. The van der Waals surface area contributed by atoms with Gasteiger partial charge < -0.3 is 25.1 Å². The molecule has 0 saturated carbocycles. The molecule has 11 heteroatoms. The zero-order valence-corrected chi connectivity index (χ0v) is 12.4. The van der Waals surface area contributed by atoms with E-state index < -0.39 is 17.6 Å². The van der Waals surface area contributed by atoms with Crippen molar-refractivity contribution < 1.29 is 24.1 Å². The van der Waals surface area contributed by atoms with Gasteiger partial charge in [0.2, 0.25) is 5.95 Å². The fraction of sp³-hybridized carbons (Fsp3) is 0.500. The van der Waals surface area contributed by atoms with Crippen LogP contribution in [0.5, 0.6) is 0 Å². The van der Waals surface area contributed by atoms with Gasteiger partial charge in [-0.1, -0.05) is 0 Å². The molecule has 2 aromatic rings. The molecule has 2 aromatic heterocycles. The topological polar surface area (TPSA) is 155 Å². The number of fused-ring (bicyclic) bond motifs is 1. The average molecular weight is 327 g/mol. The first-order valence-corrected chi connectivity index (χ1v) is 6.65. The molecule has 0 bridgehead atoms. The van der Waals surface area contributed by atoms with Crippen molar-refractivity contribution in [1.29, 1.82) is 0 Å². The van der Waals surface area contributed by atoms with Gasteiger partial charge in [-0.2, -0.15) is 4.98 Å². The summed E-state index contributed by atoms with van der Waals surface area (Å²) in [4.78, 5) is 32.5. The number of hydrogen-bond acceptors (Lipinski definition) is 9. The SMILES string of the molecule is CC(=O)OCC(CO)OCOCn1cnc2c(=O)[nH]c(N)nc21. The number of nitrogen functional groups attached to an aromatic ring is 1. The van der Waals surface area contributed by atoms with Gasteiger partial charge in [0.05, 0.1) is 12.9 Å². The first kappa shape index (κ1) is 16.9. The van der Waals surface area contributed by atoms with Gasteiger partial charge >= 0.3 is 5.97 Å². The molecule has 0 aromatic carbocycles. The van der Waals surface area contributed by atoms with E-state index in [1.165, 1.54) is 17.8 Å². The van der Waals surface area contributed by atoms with E-state index in [2.05, 4.69) is 15.0 Å². The van der Waals surface area contributed by atoms with Gasteiger partial charge in [0.25, 0.3) is 5.56 Å². The van der Waals surface area contributed by atoms with Gasteiger partial charge in [-0.05, 0) is 0 Å². The molecular weight excluding hydrogens is 310 g/mol. The maximum absolute atomic E-state index is 11.6. The highest BCUT2D eigenvalue weighted by molar-refractivity contribution is 5.70. The van der Waals surface area contributed by atoms with E-state index in [0.29, 0.717) is 0 Å². The van der Waals surface area contributed by atoms with E-state index in [1.807, 2.05) is 0 Å². The molecule has 1 atom stereocenters. The highest BCUT2D eigenvalue weighted by atomic mass is 16.7. The van der Waals surface area contributed by atoms with Crippen molar-refractivity contribution >= 4 is 23.1 Å². The van der Waals surface area contributed by atoms with Crippen molar-refractivity contribution in [2.45, 2.75) is 19.8 Å². The van der Waals surface area contributed by atoms with Gasteiger partial charge in [0.15, 0.2) is 11.2 Å². The van der Waals surface area contributed by atoms with Crippen molar-refractivity contribution in [3.05, 3.63) is 16.7 Å². The number of hydrogen-bond donors (Lipinski definition) is 3. The van der Waals surface area contributed by atoms with Gasteiger partial charge in [0.1, 0.15) is 26.2 Å². The number of nitrogens with two attached hydrogens (primary N) is 1. The molecule has 0 aliphatic heterocycles. The number of aliphatic hydroxyl groups excluding tert-OH is 1. The Morgan fingerprint density at radius 3 is 3.04 bits per heavy atom. The maximum Gasteiger partial charge on any atom is 0.302 e. The number of nitrogens with zero attached hydrogens (tertiary/aromatic N) is 3. The molecular formula is C12H17N5O6. The number of anilines is 1. The first-order valence-electron chi connectivity index (χ1n) is 6.65. The summed E-state index contributed by atoms with van der Waals surface area (Å²) < 4.78 is 16.7. The Morgan fingerprint density at radius 1 is 1.57 bits per heavy atom. The number of rotatable bonds is 8. The Bertz CT molecular complexity index is 726. The van der Waals surface area contributed by atoms with Crippen LogP contribution >= 0.6 is 0 Å². The standard InChI is InChI=1S/C12H17N5O6/c1-7(19)22-3-8(2-18)23-6-21-5-17-4-14-9-10(17)15-12(13)16-11(9)20/h4,8,18H,2-3,5-6H2,1H3,(H3,13,15,16,20). The lowest BCUT2D eigenvalue weighted by molar-refractivity contribution is -0.157. The summed E-state index contributed by atoms with van der Waals surface area (Å²) in [6.07, 6.45) is 0.699. The Labute approximate surface area is 130 Å². The van der Waals surface area contributed by atoms with Crippen LogP contribution in [0.1, 0.15) is 6.92 Å². The number of nitrogens with one attached hydrogen (secondary N) is 1. The van der Waals surface area contributed by atoms with Crippen LogP contribution in [0.15, 0.2) is 11.1 Å². The van der Waals surface area contributed by atoms with Crippen LogP contribution < -0.4 is 11.3 Å². The molecule has 2 heterocycles. The van der Waals surface area contributed by atoms with Gasteiger partial charge in [-0.25, -0.2) is 4.98 Å². The van der Waals surface area contributed by atoms with Crippen LogP contribution in [0.25, 0.3) is 11.2 Å². The summed E-state index contributed by atoms with van der Waals surface area (Å²) >= 11 is 0. The predicted octanol–water partition coefficient (Wildman–Crippen LogP) is -1.43. The molecule has 0 saturated heterocycles. The molecule has 0 aliphatic carbocycles. The molecule has 0 spiro atoms. The van der Waals surface area contributed by atoms with Crippen molar-refractivity contribution in [3.8, 4) is 0 Å². The molecule has 4 N–H and O–H groups in total. The number of ether oxygens (including phenoxy) is 3. The first-order chi connectivity index (χ1) is 11.0. The number of imidazole rings is 1. The lowest BCUT2D eigenvalue weighted by atomic mass is 10.4. The highest BCUT2D eigenvalue weighted by Gasteiger charge is 2.11. The Hall–Kier alpha value is -2.50. The highest BCUT2D eigenvalue weighted by Crippen LogP contribution is 2.06. The molecule has 0 amide bonds. The molecule has 0 aliphatic rings. The van der Waals surface area contributed by atoms with Crippen LogP contribution in [-0.2, 0) is 25.7 Å². The minimum absolute atomic E-state index is 0.0120. The quantitative estimate of drug-likeness (QED) is 0.301. The summed E-state index contributed by atoms with van der Waals surface area (Å²) in [5.74, 6) is -0.492. The third-order valence-corrected chi connectivity index (χ3v) is 2.79. The maximum atomic E-state index is 11.6. The van der Waals surface area contributed by atoms with E-state index in [-0.39, 0.29) is 43.8 Å². The molecule has 0 fully saturated rings. The second-order valence-electron chi connectivity index (χ2n) is 4.56. The third-order valence-electron chi connectivity index (χ3n) is 2.79. The number of carbonyl (C=O) groups is 1. The number of aromatic amines is 1. The number of carbonyl (C=O) groups excluding carboxylic acids is 1. The minimum atomic E-state index is -0.685. The molecule has 23 heavy (non-hydrogen) atoms. The summed E-state index contributed by atoms with van der Waals surface area (Å²) in [5, 5.41) is 9.08. The van der Waals surface area contributed by atoms with Crippen molar-refractivity contribution in [2.24, 2.45) is 0 Å². The zero-order valence-electron chi connectivity index (χ0n) is 12.4. The average Bonchev–Trinajstić information content (AvgIpc) is 2.89. The van der Waals surface area contributed by atoms with Crippen LogP contribution in [0.4, 0.5) is 5.95 Å². The summed E-state index contributed by atoms with van der Waals surface area (Å²) in [6, 6.07) is 0. The number of H-pyrrole nitrogens is 1. The van der Waals surface area contributed by atoms with Gasteiger partial charge in [-0.3, -0.25) is 19.1 Å². The number of esters is 1. The van der Waals surface area contributed by atoms with E-state index >= 15 is 0 Å². The van der Waals surface area contributed by atoms with E-state index in [4.69, 9.17) is 25.1 Å². The molecule has 1 unspecified atom stereocenters. The summed E-state index contributed by atoms with van der Waals surface area (Å²) in [7, 11) is 0. The number of aliphatic hydroxyl groups is 1. The minimum Gasteiger partial charge on any atom is -0.463 e. The largest absolute Gasteiger partial charge is 0.463 e. The Balaban J connectivity index is 1.87. The van der Waals surface area contributed by atoms with Crippen molar-refractivity contribution in [2.75, 3.05) is 25.7 Å².